The standard InChI is InChI=1S/C17H21O2PSi/c1-4-19-20(18)13-21(2,3)16-12-8-11-15(17(16)20)14-9-6-5-7-10-14/h5-12H,4,13H2,1-3H3/i13D. The van der Waals surface area contributed by atoms with Gasteiger partial charge < -0.3 is 4.52 Å². The summed E-state index contributed by atoms with van der Waals surface area (Å²) in [5.74, 6) is -0.625. The Morgan fingerprint density at radius 3 is 2.57 bits per heavy atom. The van der Waals surface area contributed by atoms with Crippen LogP contribution in [-0.2, 0) is 9.09 Å². The van der Waals surface area contributed by atoms with Gasteiger partial charge in [0.25, 0.3) is 0 Å². The molecule has 2 atom stereocenters. The van der Waals surface area contributed by atoms with Crippen molar-refractivity contribution in [2.45, 2.75) is 20.0 Å². The normalized spacial score (nSPS) is 27.2. The molecule has 21 heavy (non-hydrogen) atoms. The molecule has 0 aliphatic carbocycles. The molecule has 110 valence electrons. The van der Waals surface area contributed by atoms with Crippen molar-refractivity contribution >= 4 is 25.9 Å². The first kappa shape index (κ1) is 13.5. The molecule has 1 aliphatic heterocycles. The first-order valence-electron chi connectivity index (χ1n) is 7.86. The Labute approximate surface area is 129 Å². The van der Waals surface area contributed by atoms with E-state index in [0.717, 1.165) is 21.6 Å². The second kappa shape index (κ2) is 5.24. The average molecular weight is 317 g/mol. The monoisotopic (exact) mass is 317 g/mol. The van der Waals surface area contributed by atoms with Crippen LogP contribution in [0.3, 0.4) is 0 Å². The largest absolute Gasteiger partial charge is 0.326 e. The number of hydrogen-bond acceptors (Lipinski definition) is 2. The van der Waals surface area contributed by atoms with Crippen molar-refractivity contribution in [3.8, 4) is 11.1 Å². The maximum atomic E-state index is 13.6. The second-order valence-corrected chi connectivity index (χ2v) is 12.8. The smallest absolute Gasteiger partial charge is 0.230 e. The maximum Gasteiger partial charge on any atom is 0.230 e. The van der Waals surface area contributed by atoms with E-state index in [-0.39, 0.29) is 0 Å². The van der Waals surface area contributed by atoms with Crippen LogP contribution < -0.4 is 10.5 Å². The molecule has 1 aliphatic rings. The summed E-state index contributed by atoms with van der Waals surface area (Å²) in [5, 5.41) is 1.92. The second-order valence-electron chi connectivity index (χ2n) is 5.93. The molecule has 1 heterocycles. The van der Waals surface area contributed by atoms with Gasteiger partial charge in [0.15, 0.2) is 0 Å². The van der Waals surface area contributed by atoms with Crippen molar-refractivity contribution in [3.63, 3.8) is 0 Å². The fourth-order valence-electron chi connectivity index (χ4n) is 3.10. The van der Waals surface area contributed by atoms with Crippen LogP contribution in [-0.4, -0.2) is 20.4 Å². The van der Waals surface area contributed by atoms with Crippen LogP contribution in [0.2, 0.25) is 13.1 Å². The van der Waals surface area contributed by atoms with Gasteiger partial charge in [0.05, 0.1) is 14.7 Å². The van der Waals surface area contributed by atoms with Crippen molar-refractivity contribution in [3.05, 3.63) is 48.5 Å². The van der Waals surface area contributed by atoms with Crippen molar-refractivity contribution in [1.29, 1.82) is 0 Å². The summed E-state index contributed by atoms with van der Waals surface area (Å²) in [6.45, 7) is 6.47. The lowest BCUT2D eigenvalue weighted by Gasteiger charge is -2.17. The van der Waals surface area contributed by atoms with Crippen molar-refractivity contribution in [2.75, 3.05) is 12.4 Å². The van der Waals surface area contributed by atoms with Gasteiger partial charge in [-0.15, -0.1) is 0 Å². The van der Waals surface area contributed by atoms with Crippen LogP contribution in [0, 0.1) is 0 Å². The molecule has 0 saturated carbocycles. The highest BCUT2D eigenvalue weighted by Crippen LogP contribution is 2.53. The van der Waals surface area contributed by atoms with Crippen LogP contribution in [0.5, 0.6) is 0 Å². The van der Waals surface area contributed by atoms with E-state index in [4.69, 9.17) is 5.89 Å². The number of hydrogen-bond donors (Lipinski definition) is 0. The summed E-state index contributed by atoms with van der Waals surface area (Å²) in [5.41, 5.74) is 2.00. The lowest BCUT2D eigenvalue weighted by molar-refractivity contribution is 0.344. The van der Waals surface area contributed by atoms with Gasteiger partial charge in [-0.3, -0.25) is 4.57 Å². The van der Waals surface area contributed by atoms with Gasteiger partial charge in [-0.1, -0.05) is 61.6 Å². The van der Waals surface area contributed by atoms with E-state index in [0.29, 0.717) is 6.61 Å². The van der Waals surface area contributed by atoms with E-state index < -0.39 is 21.2 Å². The molecule has 0 spiro atoms. The number of fused-ring (bicyclic) bond motifs is 1. The Kier molecular flexibility index (Phi) is 3.37. The van der Waals surface area contributed by atoms with Crippen LogP contribution in [0.1, 0.15) is 8.29 Å². The third-order valence-corrected chi connectivity index (χ3v) is 11.6. The van der Waals surface area contributed by atoms with E-state index in [2.05, 4.69) is 13.1 Å². The van der Waals surface area contributed by atoms with Crippen molar-refractivity contribution in [1.82, 2.24) is 0 Å². The van der Waals surface area contributed by atoms with Gasteiger partial charge in [0, 0.05) is 12.4 Å². The topological polar surface area (TPSA) is 26.3 Å². The quantitative estimate of drug-likeness (QED) is 0.636. The van der Waals surface area contributed by atoms with E-state index in [1.807, 2.05) is 55.5 Å². The zero-order valence-electron chi connectivity index (χ0n) is 13.7. The van der Waals surface area contributed by atoms with Gasteiger partial charge in [-0.2, -0.15) is 0 Å². The molecule has 0 aromatic heterocycles. The number of benzene rings is 2. The predicted octanol–water partition coefficient (Wildman–Crippen LogP) is 3.76. The molecule has 0 radical (unpaired) electrons. The minimum Gasteiger partial charge on any atom is -0.326 e. The summed E-state index contributed by atoms with van der Waals surface area (Å²) in [4.78, 5) is 0. The van der Waals surface area contributed by atoms with E-state index in [9.17, 15) is 4.57 Å². The summed E-state index contributed by atoms with van der Waals surface area (Å²) in [6.07, 6.45) is 0. The molecule has 0 bridgehead atoms. The summed E-state index contributed by atoms with van der Waals surface area (Å²) in [7, 11) is -5.27. The fourth-order valence-corrected chi connectivity index (χ4v) is 11.9. The lowest BCUT2D eigenvalue weighted by atomic mass is 10.1. The van der Waals surface area contributed by atoms with Gasteiger partial charge in [-0.25, -0.2) is 0 Å². The van der Waals surface area contributed by atoms with Gasteiger partial charge in [0.1, 0.15) is 0 Å². The SMILES string of the molecule is [2H]C1[Si](C)(C)c2cccc(-c3ccccc3)c2P1(=O)OCC. The minimum atomic E-state index is -3.15. The highest BCUT2D eigenvalue weighted by molar-refractivity contribution is 7.72. The van der Waals surface area contributed by atoms with E-state index in [1.165, 1.54) is 0 Å². The van der Waals surface area contributed by atoms with Crippen LogP contribution in [0.4, 0.5) is 0 Å². The van der Waals surface area contributed by atoms with Gasteiger partial charge in [-0.05, 0) is 23.2 Å². The van der Waals surface area contributed by atoms with Crippen LogP contribution >= 0.6 is 7.37 Å². The molecule has 0 fully saturated rings. The van der Waals surface area contributed by atoms with Crippen LogP contribution in [0.25, 0.3) is 11.1 Å². The molecule has 2 aromatic rings. The molecular weight excluding hydrogens is 295 g/mol. The first-order valence-corrected chi connectivity index (χ1v) is 12.1. The summed E-state index contributed by atoms with van der Waals surface area (Å²) >= 11 is 0. The first-order chi connectivity index (χ1) is 10.4. The van der Waals surface area contributed by atoms with E-state index >= 15 is 0 Å². The molecule has 2 nitrogen and oxygen atoms in total. The van der Waals surface area contributed by atoms with Crippen LogP contribution in [0.15, 0.2) is 48.5 Å². The highest BCUT2D eigenvalue weighted by Gasteiger charge is 2.48. The molecule has 2 aromatic carbocycles. The third kappa shape index (κ3) is 2.44. The van der Waals surface area contributed by atoms with Gasteiger partial charge >= 0.3 is 0 Å². The third-order valence-electron chi connectivity index (χ3n) is 3.94. The van der Waals surface area contributed by atoms with Gasteiger partial charge in [0.2, 0.25) is 7.37 Å². The zero-order valence-corrected chi connectivity index (χ0v) is 14.6. The summed E-state index contributed by atoms with van der Waals surface area (Å²) in [6, 6.07) is 16.1. The van der Waals surface area contributed by atoms with E-state index in [1.54, 1.807) is 0 Å². The maximum absolute atomic E-state index is 13.6. The lowest BCUT2D eigenvalue weighted by Crippen LogP contribution is -2.44. The molecule has 0 saturated heterocycles. The molecular formula is C17H21O2PSi. The molecule has 0 amide bonds. The molecule has 2 unspecified atom stereocenters. The average Bonchev–Trinajstić information content (AvgIpc) is 2.68. The fraction of sp³-hybridized carbons (Fsp3) is 0.294. The Bertz CT molecular complexity index is 746. The Morgan fingerprint density at radius 2 is 1.90 bits per heavy atom. The predicted molar refractivity (Wildman–Crippen MR) is 92.7 cm³/mol. The molecule has 3 rings (SSSR count). The molecule has 0 N–H and O–H groups in total. The zero-order chi connectivity index (χ0) is 16.0. The van der Waals surface area contributed by atoms with Crippen molar-refractivity contribution < 1.29 is 10.5 Å². The Balaban J connectivity index is 2.32. The Morgan fingerprint density at radius 1 is 1.19 bits per heavy atom. The minimum absolute atomic E-state index is 0.375. The highest BCUT2D eigenvalue weighted by atomic mass is 31.2. The molecule has 4 heteroatoms. The Hall–Kier alpha value is -1.15. The summed E-state index contributed by atoms with van der Waals surface area (Å²) < 4.78 is 27.9. The number of rotatable bonds is 3. The van der Waals surface area contributed by atoms with Crippen molar-refractivity contribution in [2.24, 2.45) is 0 Å².